The number of aliphatic hydroxyl groups is 1. The molecule has 3 aromatic rings. The van der Waals surface area contributed by atoms with Crippen LogP contribution in [0.3, 0.4) is 0 Å². The van der Waals surface area contributed by atoms with E-state index in [0.29, 0.717) is 12.4 Å². The molecule has 3 N–H and O–H groups in total. The Balaban J connectivity index is 1.82. The van der Waals surface area contributed by atoms with Crippen molar-refractivity contribution in [2.75, 3.05) is 19.3 Å². The molecule has 1 unspecified atom stereocenters. The van der Waals surface area contributed by atoms with Gasteiger partial charge in [-0.1, -0.05) is 17.7 Å². The molecule has 136 valence electrons. The summed E-state index contributed by atoms with van der Waals surface area (Å²) in [6, 6.07) is 10.2. The van der Waals surface area contributed by atoms with Gasteiger partial charge in [0.15, 0.2) is 0 Å². The van der Waals surface area contributed by atoms with Gasteiger partial charge >= 0.3 is 0 Å². The molecular formula is C21H26N4O. The van der Waals surface area contributed by atoms with Gasteiger partial charge < -0.3 is 20.3 Å². The van der Waals surface area contributed by atoms with Gasteiger partial charge in [-0.25, -0.2) is 4.98 Å². The normalized spacial score (nSPS) is 17.2. The molecule has 0 fully saturated rings. The summed E-state index contributed by atoms with van der Waals surface area (Å²) in [6.07, 6.45) is 2.67. The molecule has 0 bridgehead atoms. The fourth-order valence-electron chi connectivity index (χ4n) is 4.00. The molecule has 0 saturated carbocycles. The zero-order valence-electron chi connectivity index (χ0n) is 15.7. The van der Waals surface area contributed by atoms with E-state index < -0.39 is 5.60 Å². The molecule has 1 aliphatic rings. The molecule has 0 spiro atoms. The van der Waals surface area contributed by atoms with Crippen LogP contribution in [0.25, 0.3) is 10.9 Å². The molecule has 0 amide bonds. The van der Waals surface area contributed by atoms with Crippen LogP contribution in [-0.4, -0.2) is 33.1 Å². The summed E-state index contributed by atoms with van der Waals surface area (Å²) in [6.45, 7) is 6.46. The second-order valence-corrected chi connectivity index (χ2v) is 7.77. The molecule has 1 aliphatic heterocycles. The number of fused-ring (bicyclic) bond motifs is 3. The summed E-state index contributed by atoms with van der Waals surface area (Å²) in [5, 5.41) is 12.5. The first kappa shape index (κ1) is 17.1. The number of pyridine rings is 1. The molecule has 4 rings (SSSR count). The number of anilines is 1. The van der Waals surface area contributed by atoms with Crippen molar-refractivity contribution in [3.8, 4) is 0 Å². The standard InChI is InChI=1S/C21H26N4O/c1-14-4-6-18-16(10-14)17-12-24(3)9-8-19(17)25(18)13-21(2,26)15-5-7-20(22)23-11-15/h4-7,10-11,26H,8-9,12-13H2,1-3H3,(H2,22,23). The van der Waals surface area contributed by atoms with Gasteiger partial charge in [0.2, 0.25) is 0 Å². The lowest BCUT2D eigenvalue weighted by molar-refractivity contribution is 0.0382. The van der Waals surface area contributed by atoms with Crippen molar-refractivity contribution in [3.05, 3.63) is 58.9 Å². The van der Waals surface area contributed by atoms with Crippen molar-refractivity contribution >= 4 is 16.7 Å². The number of aryl methyl sites for hydroxylation is 1. The van der Waals surface area contributed by atoms with Crippen LogP contribution >= 0.6 is 0 Å². The Kier molecular flexibility index (Phi) is 4.01. The summed E-state index contributed by atoms with van der Waals surface area (Å²) >= 11 is 0. The number of nitrogens with two attached hydrogens (primary N) is 1. The first-order chi connectivity index (χ1) is 12.3. The second-order valence-electron chi connectivity index (χ2n) is 7.77. The van der Waals surface area contributed by atoms with Gasteiger partial charge in [-0.05, 0) is 44.7 Å². The SMILES string of the molecule is Cc1ccc2c(c1)c1c(n2CC(C)(O)c2ccc(N)nc2)CCN(C)C1. The van der Waals surface area contributed by atoms with E-state index in [1.54, 1.807) is 12.3 Å². The Morgan fingerprint density at radius 1 is 1.27 bits per heavy atom. The monoisotopic (exact) mass is 350 g/mol. The molecule has 0 aliphatic carbocycles. The first-order valence-electron chi connectivity index (χ1n) is 9.09. The first-order valence-corrected chi connectivity index (χ1v) is 9.09. The Morgan fingerprint density at radius 2 is 2.08 bits per heavy atom. The van der Waals surface area contributed by atoms with Crippen LogP contribution in [0.2, 0.25) is 0 Å². The summed E-state index contributed by atoms with van der Waals surface area (Å²) in [5.74, 6) is 0.465. The van der Waals surface area contributed by atoms with Crippen LogP contribution in [0.1, 0.15) is 29.3 Å². The van der Waals surface area contributed by atoms with Crippen molar-refractivity contribution in [1.29, 1.82) is 0 Å². The third-order valence-corrected chi connectivity index (χ3v) is 5.47. The van der Waals surface area contributed by atoms with Gasteiger partial charge in [-0.15, -0.1) is 0 Å². The van der Waals surface area contributed by atoms with E-state index in [0.717, 1.165) is 25.1 Å². The fraction of sp³-hybridized carbons (Fsp3) is 0.381. The molecule has 26 heavy (non-hydrogen) atoms. The highest BCUT2D eigenvalue weighted by atomic mass is 16.3. The molecular weight excluding hydrogens is 324 g/mol. The molecule has 0 radical (unpaired) electrons. The zero-order chi connectivity index (χ0) is 18.5. The number of rotatable bonds is 3. The molecule has 0 saturated heterocycles. The number of nitrogen functional groups attached to an aromatic ring is 1. The molecule has 5 nitrogen and oxygen atoms in total. The van der Waals surface area contributed by atoms with Gasteiger partial charge in [0, 0.05) is 47.9 Å². The zero-order valence-corrected chi connectivity index (χ0v) is 15.7. The van der Waals surface area contributed by atoms with Crippen LogP contribution in [0, 0.1) is 6.92 Å². The van der Waals surface area contributed by atoms with Gasteiger partial charge in [-0.2, -0.15) is 0 Å². The van der Waals surface area contributed by atoms with E-state index >= 15 is 0 Å². The van der Waals surface area contributed by atoms with Crippen LogP contribution in [0.5, 0.6) is 0 Å². The van der Waals surface area contributed by atoms with E-state index in [4.69, 9.17) is 5.73 Å². The Hall–Kier alpha value is -2.37. The average Bonchev–Trinajstić information content (AvgIpc) is 2.87. The van der Waals surface area contributed by atoms with E-state index in [1.165, 1.54) is 27.7 Å². The van der Waals surface area contributed by atoms with Crippen molar-refractivity contribution in [1.82, 2.24) is 14.5 Å². The maximum atomic E-state index is 11.2. The smallest absolute Gasteiger partial charge is 0.123 e. The maximum absolute atomic E-state index is 11.2. The largest absolute Gasteiger partial charge is 0.384 e. The van der Waals surface area contributed by atoms with E-state index in [1.807, 2.05) is 13.0 Å². The van der Waals surface area contributed by atoms with E-state index in [2.05, 4.69) is 46.6 Å². The minimum Gasteiger partial charge on any atom is -0.384 e. The highest BCUT2D eigenvalue weighted by Gasteiger charge is 2.29. The van der Waals surface area contributed by atoms with E-state index in [9.17, 15) is 5.11 Å². The topological polar surface area (TPSA) is 67.3 Å². The number of likely N-dealkylation sites (N-methyl/N-ethyl adjacent to an activating group) is 1. The predicted molar refractivity (Wildman–Crippen MR) is 105 cm³/mol. The minimum absolute atomic E-state index is 0.465. The fourth-order valence-corrected chi connectivity index (χ4v) is 4.00. The average molecular weight is 350 g/mol. The highest BCUT2D eigenvalue weighted by Crippen LogP contribution is 2.34. The lowest BCUT2D eigenvalue weighted by Gasteiger charge is -2.28. The third-order valence-electron chi connectivity index (χ3n) is 5.47. The van der Waals surface area contributed by atoms with Crippen molar-refractivity contribution in [2.24, 2.45) is 0 Å². The van der Waals surface area contributed by atoms with Gasteiger partial charge in [0.25, 0.3) is 0 Å². The number of nitrogens with zero attached hydrogens (tertiary/aromatic N) is 3. The van der Waals surface area contributed by atoms with Crippen molar-refractivity contribution < 1.29 is 5.11 Å². The second kappa shape index (κ2) is 6.11. The van der Waals surface area contributed by atoms with Crippen LogP contribution in [0.15, 0.2) is 36.5 Å². The van der Waals surface area contributed by atoms with Gasteiger partial charge in [-0.3, -0.25) is 0 Å². The van der Waals surface area contributed by atoms with Gasteiger partial charge in [0.05, 0.1) is 6.54 Å². The lowest BCUT2D eigenvalue weighted by atomic mass is 9.97. The summed E-state index contributed by atoms with van der Waals surface area (Å²) in [7, 11) is 2.16. The number of benzene rings is 1. The van der Waals surface area contributed by atoms with Crippen LogP contribution in [-0.2, 0) is 25.1 Å². The highest BCUT2D eigenvalue weighted by molar-refractivity contribution is 5.86. The number of aromatic nitrogens is 2. The lowest BCUT2D eigenvalue weighted by Crippen LogP contribution is -2.31. The van der Waals surface area contributed by atoms with Crippen molar-refractivity contribution in [3.63, 3.8) is 0 Å². The van der Waals surface area contributed by atoms with Crippen LogP contribution < -0.4 is 5.73 Å². The Bertz CT molecular complexity index is 956. The van der Waals surface area contributed by atoms with E-state index in [-0.39, 0.29) is 0 Å². The molecule has 1 atom stereocenters. The molecule has 1 aromatic carbocycles. The van der Waals surface area contributed by atoms with Crippen molar-refractivity contribution in [2.45, 2.75) is 39.0 Å². The summed E-state index contributed by atoms with van der Waals surface area (Å²) in [5.41, 5.74) is 10.6. The summed E-state index contributed by atoms with van der Waals surface area (Å²) in [4.78, 5) is 6.51. The molecule has 2 aromatic heterocycles. The number of hydrogen-bond acceptors (Lipinski definition) is 4. The third kappa shape index (κ3) is 2.87. The van der Waals surface area contributed by atoms with Crippen LogP contribution in [0.4, 0.5) is 5.82 Å². The minimum atomic E-state index is -1.02. The maximum Gasteiger partial charge on any atom is 0.123 e. The number of hydrogen-bond donors (Lipinski definition) is 2. The predicted octanol–water partition coefficient (Wildman–Crippen LogP) is 2.82. The molecule has 5 heteroatoms. The molecule has 3 heterocycles. The Labute approximate surface area is 154 Å². The van der Waals surface area contributed by atoms with Gasteiger partial charge in [0.1, 0.15) is 11.4 Å². The quantitative estimate of drug-likeness (QED) is 0.762. The summed E-state index contributed by atoms with van der Waals surface area (Å²) < 4.78 is 2.30. The Morgan fingerprint density at radius 3 is 2.81 bits per heavy atom.